The Morgan fingerprint density at radius 3 is 2.70 bits per heavy atom. The Morgan fingerprint density at radius 1 is 1.26 bits per heavy atom. The molecule has 0 spiro atoms. The van der Waals surface area contributed by atoms with Crippen LogP contribution in [0.4, 0.5) is 4.39 Å². The molecular formula is C20H24FN3O2S. The van der Waals surface area contributed by atoms with E-state index in [1.807, 2.05) is 23.4 Å². The lowest BCUT2D eigenvalue weighted by Gasteiger charge is -2.30. The highest BCUT2D eigenvalue weighted by Crippen LogP contribution is 2.19. The Bertz CT molecular complexity index is 866. The van der Waals surface area contributed by atoms with Crippen LogP contribution >= 0.6 is 11.3 Å². The summed E-state index contributed by atoms with van der Waals surface area (Å²) in [7, 11) is 0. The molecule has 1 fully saturated rings. The zero-order chi connectivity index (χ0) is 19.2. The van der Waals surface area contributed by atoms with Crippen LogP contribution in [0.2, 0.25) is 0 Å². The third-order valence-electron chi connectivity index (χ3n) is 4.83. The van der Waals surface area contributed by atoms with Crippen LogP contribution in [0.15, 0.2) is 40.8 Å². The lowest BCUT2D eigenvalue weighted by molar-refractivity contribution is -0.134. The number of nitrogens with zero attached hydrogens (tertiary/aromatic N) is 3. The standard InChI is InChI=1S/C20H24FN3O2S/c1-2-5-18(25)23-10-8-15(9-11-23)19(26)22-20-24(12-13-27-20)14-16-6-3-4-7-17(16)21/h3-4,6-7,12-13,15H,2,5,8-11,14H2,1H3. The SMILES string of the molecule is CCCC(=O)N1CCC(C(=O)N=c2sccn2Cc2ccccc2F)CC1. The highest BCUT2D eigenvalue weighted by molar-refractivity contribution is 7.07. The number of carbonyl (C=O) groups excluding carboxylic acids is 2. The predicted molar refractivity (Wildman–Crippen MR) is 103 cm³/mol. The van der Waals surface area contributed by atoms with Crippen molar-refractivity contribution in [2.24, 2.45) is 10.9 Å². The van der Waals surface area contributed by atoms with Gasteiger partial charge in [-0.2, -0.15) is 4.99 Å². The summed E-state index contributed by atoms with van der Waals surface area (Å²) in [6.45, 7) is 3.56. The van der Waals surface area contributed by atoms with Gasteiger partial charge in [0, 0.05) is 42.6 Å². The van der Waals surface area contributed by atoms with Crippen LogP contribution < -0.4 is 4.80 Å². The molecule has 2 heterocycles. The molecule has 3 rings (SSSR count). The third-order valence-corrected chi connectivity index (χ3v) is 5.62. The van der Waals surface area contributed by atoms with Gasteiger partial charge >= 0.3 is 0 Å². The number of halogens is 1. The van der Waals surface area contributed by atoms with Crippen molar-refractivity contribution >= 4 is 23.2 Å². The van der Waals surface area contributed by atoms with Crippen molar-refractivity contribution in [2.45, 2.75) is 39.2 Å². The lowest BCUT2D eigenvalue weighted by Crippen LogP contribution is -2.40. The van der Waals surface area contributed by atoms with Gasteiger partial charge in [0.15, 0.2) is 4.80 Å². The van der Waals surface area contributed by atoms with Gasteiger partial charge in [0.25, 0.3) is 5.91 Å². The minimum absolute atomic E-state index is 0.151. The van der Waals surface area contributed by atoms with E-state index in [2.05, 4.69) is 4.99 Å². The summed E-state index contributed by atoms with van der Waals surface area (Å²) >= 11 is 1.37. The summed E-state index contributed by atoms with van der Waals surface area (Å²) in [5, 5.41) is 1.85. The number of carbonyl (C=O) groups is 2. The van der Waals surface area contributed by atoms with E-state index < -0.39 is 0 Å². The number of piperidine rings is 1. The highest BCUT2D eigenvalue weighted by atomic mass is 32.1. The first-order chi connectivity index (χ1) is 13.1. The molecule has 0 saturated carbocycles. The van der Waals surface area contributed by atoms with E-state index in [4.69, 9.17) is 0 Å². The summed E-state index contributed by atoms with van der Waals surface area (Å²) in [5.74, 6) is -0.402. The Kier molecular flexibility index (Phi) is 6.55. The topological polar surface area (TPSA) is 54.7 Å². The second-order valence-electron chi connectivity index (χ2n) is 6.76. The van der Waals surface area contributed by atoms with E-state index in [9.17, 15) is 14.0 Å². The Labute approximate surface area is 162 Å². The molecule has 27 heavy (non-hydrogen) atoms. The third kappa shape index (κ3) is 4.91. The summed E-state index contributed by atoms with van der Waals surface area (Å²) in [6.07, 6.45) is 4.52. The van der Waals surface area contributed by atoms with Gasteiger partial charge < -0.3 is 9.47 Å². The number of likely N-dealkylation sites (tertiary alicyclic amines) is 1. The van der Waals surface area contributed by atoms with Gasteiger partial charge in [-0.15, -0.1) is 11.3 Å². The van der Waals surface area contributed by atoms with E-state index in [1.165, 1.54) is 17.4 Å². The fraction of sp³-hybridized carbons (Fsp3) is 0.450. The fourth-order valence-corrected chi connectivity index (χ4v) is 3.98. The number of rotatable bonds is 5. The van der Waals surface area contributed by atoms with Gasteiger partial charge in [0.2, 0.25) is 5.91 Å². The maximum absolute atomic E-state index is 13.9. The number of benzene rings is 1. The molecular weight excluding hydrogens is 365 g/mol. The van der Waals surface area contributed by atoms with Crippen LogP contribution in [0.3, 0.4) is 0 Å². The summed E-state index contributed by atoms with van der Waals surface area (Å²) in [5.41, 5.74) is 0.563. The quantitative estimate of drug-likeness (QED) is 0.789. The molecule has 0 bridgehead atoms. The van der Waals surface area contributed by atoms with Gasteiger partial charge in [-0.1, -0.05) is 25.1 Å². The molecule has 0 aliphatic carbocycles. The average Bonchev–Trinajstić information content (AvgIpc) is 3.10. The first kappa shape index (κ1) is 19.5. The van der Waals surface area contributed by atoms with Crippen LogP contribution in [-0.4, -0.2) is 34.4 Å². The van der Waals surface area contributed by atoms with Gasteiger partial charge in [-0.3, -0.25) is 9.59 Å². The van der Waals surface area contributed by atoms with Gasteiger partial charge in [0.05, 0.1) is 6.54 Å². The van der Waals surface area contributed by atoms with E-state index >= 15 is 0 Å². The molecule has 1 saturated heterocycles. The number of hydrogen-bond acceptors (Lipinski definition) is 3. The predicted octanol–water partition coefficient (Wildman–Crippen LogP) is 3.20. The molecule has 0 radical (unpaired) electrons. The summed E-state index contributed by atoms with van der Waals surface area (Å²) < 4.78 is 15.7. The molecule has 2 aromatic rings. The molecule has 1 aliphatic heterocycles. The van der Waals surface area contributed by atoms with E-state index in [0.717, 1.165) is 6.42 Å². The zero-order valence-corrected chi connectivity index (χ0v) is 16.3. The van der Waals surface area contributed by atoms with Crippen LogP contribution in [0, 0.1) is 11.7 Å². The molecule has 1 aliphatic rings. The second kappa shape index (κ2) is 9.08. The maximum Gasteiger partial charge on any atom is 0.251 e. The Morgan fingerprint density at radius 2 is 2.00 bits per heavy atom. The summed E-state index contributed by atoms with van der Waals surface area (Å²) in [6, 6.07) is 6.61. The van der Waals surface area contributed by atoms with Crippen LogP contribution in [0.5, 0.6) is 0 Å². The number of aromatic nitrogens is 1. The van der Waals surface area contributed by atoms with Crippen molar-refractivity contribution in [3.63, 3.8) is 0 Å². The van der Waals surface area contributed by atoms with E-state index in [-0.39, 0.29) is 23.5 Å². The van der Waals surface area contributed by atoms with Gasteiger partial charge in [-0.25, -0.2) is 4.39 Å². The van der Waals surface area contributed by atoms with Crippen LogP contribution in [-0.2, 0) is 16.1 Å². The lowest BCUT2D eigenvalue weighted by atomic mass is 9.96. The molecule has 0 N–H and O–H groups in total. The molecule has 144 valence electrons. The van der Waals surface area contributed by atoms with Crippen molar-refractivity contribution in [2.75, 3.05) is 13.1 Å². The van der Waals surface area contributed by atoms with Crippen molar-refractivity contribution < 1.29 is 14.0 Å². The number of amides is 2. The molecule has 0 unspecified atom stereocenters. The maximum atomic E-state index is 13.9. The first-order valence-corrected chi connectivity index (χ1v) is 10.2. The average molecular weight is 389 g/mol. The number of thiazole rings is 1. The Hall–Kier alpha value is -2.28. The second-order valence-corrected chi connectivity index (χ2v) is 7.63. The monoisotopic (exact) mass is 389 g/mol. The van der Waals surface area contributed by atoms with Crippen LogP contribution in [0.1, 0.15) is 38.2 Å². The highest BCUT2D eigenvalue weighted by Gasteiger charge is 2.26. The first-order valence-electron chi connectivity index (χ1n) is 9.32. The van der Waals surface area contributed by atoms with E-state index in [1.54, 1.807) is 22.8 Å². The Balaban J connectivity index is 1.66. The largest absolute Gasteiger partial charge is 0.343 e. The van der Waals surface area contributed by atoms with Crippen molar-refractivity contribution in [1.82, 2.24) is 9.47 Å². The van der Waals surface area contributed by atoms with Crippen molar-refractivity contribution in [3.8, 4) is 0 Å². The molecule has 0 atom stereocenters. The smallest absolute Gasteiger partial charge is 0.251 e. The minimum Gasteiger partial charge on any atom is -0.343 e. The zero-order valence-electron chi connectivity index (χ0n) is 15.4. The normalized spacial score (nSPS) is 15.9. The minimum atomic E-state index is -0.266. The molecule has 5 nitrogen and oxygen atoms in total. The van der Waals surface area contributed by atoms with E-state index in [0.29, 0.717) is 49.3 Å². The molecule has 1 aromatic carbocycles. The van der Waals surface area contributed by atoms with Gasteiger partial charge in [-0.05, 0) is 25.3 Å². The van der Waals surface area contributed by atoms with Crippen molar-refractivity contribution in [1.29, 1.82) is 0 Å². The van der Waals surface area contributed by atoms with Crippen LogP contribution in [0.25, 0.3) is 0 Å². The number of hydrogen-bond donors (Lipinski definition) is 0. The van der Waals surface area contributed by atoms with Crippen molar-refractivity contribution in [3.05, 3.63) is 52.0 Å². The molecule has 2 amide bonds. The van der Waals surface area contributed by atoms with Gasteiger partial charge in [0.1, 0.15) is 5.82 Å². The fourth-order valence-electron chi connectivity index (χ4n) is 3.25. The molecule has 1 aromatic heterocycles. The summed E-state index contributed by atoms with van der Waals surface area (Å²) in [4.78, 5) is 31.3. The molecule has 7 heteroatoms.